The molecular formula is C11H9NO. The highest BCUT2D eigenvalue weighted by atomic mass is 16.1. The molecule has 1 rings (SSSR count). The summed E-state index contributed by atoms with van der Waals surface area (Å²) in [5.74, 6) is 2.33. The third kappa shape index (κ3) is 2.28. The topological polar surface area (TPSA) is 30.0 Å². The second-order valence-corrected chi connectivity index (χ2v) is 2.44. The van der Waals surface area contributed by atoms with Crippen LogP contribution in [0.25, 0.3) is 0 Å². The van der Waals surface area contributed by atoms with Crippen LogP contribution in [0.4, 0.5) is 0 Å². The first-order valence-electron chi connectivity index (χ1n) is 3.87. The molecule has 1 aromatic rings. The minimum absolute atomic E-state index is 0.105. The summed E-state index contributed by atoms with van der Waals surface area (Å²) < 4.78 is 0. The van der Waals surface area contributed by atoms with Gasteiger partial charge in [0, 0.05) is 11.8 Å². The van der Waals surface area contributed by atoms with E-state index in [4.69, 9.17) is 6.42 Å². The maximum atomic E-state index is 11.2. The Bertz CT molecular complexity index is 368. The Kier molecular flexibility index (Phi) is 2.99. The molecule has 0 aliphatic rings. The lowest BCUT2D eigenvalue weighted by atomic mass is 10.2. The van der Waals surface area contributed by atoms with E-state index in [-0.39, 0.29) is 5.78 Å². The maximum absolute atomic E-state index is 11.2. The van der Waals surface area contributed by atoms with Crippen LogP contribution < -0.4 is 0 Å². The monoisotopic (exact) mass is 171 g/mol. The quantitative estimate of drug-likeness (QED) is 0.386. The third-order valence-corrected chi connectivity index (χ3v) is 1.50. The summed E-state index contributed by atoms with van der Waals surface area (Å²) in [6.07, 6.45) is 9.81. The van der Waals surface area contributed by atoms with Crippen LogP contribution in [0.3, 0.4) is 0 Å². The van der Waals surface area contributed by atoms with Crippen LogP contribution in [-0.4, -0.2) is 10.8 Å². The molecule has 0 amide bonds. The molecule has 1 heterocycles. The van der Waals surface area contributed by atoms with Crippen molar-refractivity contribution >= 4 is 5.78 Å². The van der Waals surface area contributed by atoms with Crippen molar-refractivity contribution in [2.45, 2.75) is 6.92 Å². The second-order valence-electron chi connectivity index (χ2n) is 2.44. The minimum atomic E-state index is -0.105. The highest BCUT2D eigenvalue weighted by molar-refractivity contribution is 6.02. The highest BCUT2D eigenvalue weighted by Gasteiger charge is 2.01. The van der Waals surface area contributed by atoms with Crippen LogP contribution in [0.15, 0.2) is 30.5 Å². The van der Waals surface area contributed by atoms with Crippen molar-refractivity contribution in [3.63, 3.8) is 0 Å². The molecule has 64 valence electrons. The van der Waals surface area contributed by atoms with Crippen molar-refractivity contribution in [2.75, 3.05) is 0 Å². The molecule has 0 spiro atoms. The van der Waals surface area contributed by atoms with Crippen LogP contribution >= 0.6 is 0 Å². The van der Waals surface area contributed by atoms with Crippen molar-refractivity contribution in [3.05, 3.63) is 41.7 Å². The minimum Gasteiger partial charge on any atom is -0.288 e. The van der Waals surface area contributed by atoms with Gasteiger partial charge in [0.2, 0.25) is 5.78 Å². The Labute approximate surface area is 77.3 Å². The van der Waals surface area contributed by atoms with Crippen molar-refractivity contribution in [3.8, 4) is 12.3 Å². The molecule has 0 atom stereocenters. The number of hydrogen-bond donors (Lipinski definition) is 0. The van der Waals surface area contributed by atoms with Crippen LogP contribution in [0.1, 0.15) is 23.0 Å². The smallest absolute Gasteiger partial charge is 0.203 e. The fourth-order valence-corrected chi connectivity index (χ4v) is 0.862. The van der Waals surface area contributed by atoms with Crippen LogP contribution in [0.5, 0.6) is 0 Å². The molecular weight excluding hydrogens is 162 g/mol. The zero-order valence-corrected chi connectivity index (χ0v) is 7.32. The number of rotatable bonds is 2. The Morgan fingerprint density at radius 3 is 2.85 bits per heavy atom. The zero-order chi connectivity index (χ0) is 9.68. The average Bonchev–Trinajstić information content (AvgIpc) is 2.18. The number of aromatic nitrogens is 1. The first-order chi connectivity index (χ1) is 6.27. The highest BCUT2D eigenvalue weighted by Crippen LogP contribution is 2.00. The summed E-state index contributed by atoms with van der Waals surface area (Å²) >= 11 is 0. The largest absolute Gasteiger partial charge is 0.288 e. The Balaban J connectivity index is 2.94. The van der Waals surface area contributed by atoms with E-state index in [0.717, 1.165) is 0 Å². The predicted molar refractivity (Wildman–Crippen MR) is 51.3 cm³/mol. The van der Waals surface area contributed by atoms with Gasteiger partial charge in [-0.25, -0.2) is 0 Å². The number of hydrogen-bond acceptors (Lipinski definition) is 2. The van der Waals surface area contributed by atoms with Crippen LogP contribution in [-0.2, 0) is 0 Å². The summed E-state index contributed by atoms with van der Waals surface area (Å²) in [7, 11) is 0. The third-order valence-electron chi connectivity index (χ3n) is 1.50. The summed E-state index contributed by atoms with van der Waals surface area (Å²) in [6.45, 7) is 1.79. The van der Waals surface area contributed by atoms with Crippen molar-refractivity contribution in [2.24, 2.45) is 0 Å². The Morgan fingerprint density at radius 2 is 2.38 bits per heavy atom. The van der Waals surface area contributed by atoms with E-state index in [0.29, 0.717) is 11.3 Å². The summed E-state index contributed by atoms with van der Waals surface area (Å²) in [4.78, 5) is 15.2. The fraction of sp³-hybridized carbons (Fsp3) is 0.0909. The molecule has 0 aliphatic carbocycles. The fourth-order valence-electron chi connectivity index (χ4n) is 0.862. The van der Waals surface area contributed by atoms with Gasteiger partial charge in [-0.05, 0) is 25.1 Å². The number of nitrogens with zero attached hydrogens (tertiary/aromatic N) is 1. The average molecular weight is 171 g/mol. The number of carbonyl (C=O) groups excluding carboxylic acids is 1. The van der Waals surface area contributed by atoms with Crippen LogP contribution in [0.2, 0.25) is 0 Å². The van der Waals surface area contributed by atoms with Gasteiger partial charge in [0.15, 0.2) is 0 Å². The van der Waals surface area contributed by atoms with Gasteiger partial charge in [-0.3, -0.25) is 9.78 Å². The number of pyridine rings is 1. The Morgan fingerprint density at radius 1 is 1.62 bits per heavy atom. The molecule has 0 bridgehead atoms. The molecule has 0 saturated carbocycles. The maximum Gasteiger partial charge on any atom is 0.203 e. The molecule has 0 aliphatic heterocycles. The molecule has 0 N–H and O–H groups in total. The zero-order valence-electron chi connectivity index (χ0n) is 7.32. The van der Waals surface area contributed by atoms with Crippen molar-refractivity contribution < 1.29 is 4.79 Å². The number of carbonyl (C=O) groups is 1. The van der Waals surface area contributed by atoms with E-state index < -0.39 is 0 Å². The summed E-state index contributed by atoms with van der Waals surface area (Å²) in [6, 6.07) is 3.32. The van der Waals surface area contributed by atoms with Gasteiger partial charge in [-0.2, -0.15) is 0 Å². The van der Waals surface area contributed by atoms with Gasteiger partial charge in [0.05, 0.1) is 0 Å². The van der Waals surface area contributed by atoms with Crippen molar-refractivity contribution in [1.82, 2.24) is 4.98 Å². The van der Waals surface area contributed by atoms with E-state index in [2.05, 4.69) is 10.9 Å². The summed E-state index contributed by atoms with van der Waals surface area (Å²) in [5, 5.41) is 0. The first-order valence-corrected chi connectivity index (χ1v) is 3.87. The number of ketones is 1. The van der Waals surface area contributed by atoms with Gasteiger partial charge in [0.25, 0.3) is 0 Å². The molecule has 2 heteroatoms. The van der Waals surface area contributed by atoms with Gasteiger partial charge in [0.1, 0.15) is 5.69 Å². The molecule has 0 saturated heterocycles. The SMILES string of the molecule is C#Cc1ccc(C(=O)/C=C/C)nc1. The van der Waals surface area contributed by atoms with Gasteiger partial charge >= 0.3 is 0 Å². The molecule has 13 heavy (non-hydrogen) atoms. The molecule has 0 radical (unpaired) electrons. The van der Waals surface area contributed by atoms with E-state index in [9.17, 15) is 4.79 Å². The van der Waals surface area contributed by atoms with E-state index in [1.165, 1.54) is 12.3 Å². The lowest BCUT2D eigenvalue weighted by Gasteiger charge is -1.94. The standard InChI is InChI=1S/C11H9NO/c1-3-5-11(13)10-7-6-9(4-2)8-12-10/h2-3,5-8H,1H3/b5-3+. The molecule has 1 aromatic heterocycles. The van der Waals surface area contributed by atoms with Gasteiger partial charge in [-0.15, -0.1) is 6.42 Å². The number of terminal acetylenes is 1. The van der Waals surface area contributed by atoms with E-state index in [1.54, 1.807) is 25.1 Å². The van der Waals surface area contributed by atoms with Crippen molar-refractivity contribution in [1.29, 1.82) is 0 Å². The lowest BCUT2D eigenvalue weighted by Crippen LogP contribution is -1.97. The van der Waals surface area contributed by atoms with E-state index in [1.807, 2.05) is 0 Å². The molecule has 2 nitrogen and oxygen atoms in total. The lowest BCUT2D eigenvalue weighted by molar-refractivity contribution is 0.104. The first kappa shape index (κ1) is 9.21. The summed E-state index contributed by atoms with van der Waals surface area (Å²) in [5.41, 5.74) is 1.09. The van der Waals surface area contributed by atoms with Crippen LogP contribution in [0, 0.1) is 12.3 Å². The van der Waals surface area contributed by atoms with E-state index >= 15 is 0 Å². The predicted octanol–water partition coefficient (Wildman–Crippen LogP) is 1.82. The molecule has 0 fully saturated rings. The van der Waals surface area contributed by atoms with Gasteiger partial charge < -0.3 is 0 Å². The second kappa shape index (κ2) is 4.22. The normalized spacial score (nSPS) is 9.85. The number of allylic oxidation sites excluding steroid dienone is 2. The molecule has 0 unspecified atom stereocenters. The molecule has 0 aromatic carbocycles. The Hall–Kier alpha value is -1.88. The van der Waals surface area contributed by atoms with Gasteiger partial charge in [-0.1, -0.05) is 12.0 Å².